The lowest BCUT2D eigenvalue weighted by atomic mass is 9.90. The summed E-state index contributed by atoms with van der Waals surface area (Å²) < 4.78 is 0. The average Bonchev–Trinajstić information content (AvgIpc) is 2.48. The van der Waals surface area contributed by atoms with Crippen LogP contribution in [0.15, 0.2) is 0 Å². The van der Waals surface area contributed by atoms with Crippen LogP contribution >= 0.6 is 0 Å². The van der Waals surface area contributed by atoms with Gasteiger partial charge in [-0.15, -0.1) is 0 Å². The fourth-order valence-electron chi connectivity index (χ4n) is 1.94. The molecule has 0 saturated carbocycles. The largest absolute Gasteiger partial charge is 0.340 e. The van der Waals surface area contributed by atoms with Crippen molar-refractivity contribution in [2.75, 3.05) is 6.54 Å². The van der Waals surface area contributed by atoms with E-state index in [2.05, 4.69) is 27.7 Å². The lowest BCUT2D eigenvalue weighted by molar-refractivity contribution is -0.130. The first-order valence-electron chi connectivity index (χ1n) is 5.33. The predicted octanol–water partition coefficient (Wildman–Crippen LogP) is 2.29. The molecule has 2 unspecified atom stereocenters. The Hall–Kier alpha value is -0.530. The van der Waals surface area contributed by atoms with Gasteiger partial charge in [-0.3, -0.25) is 4.79 Å². The molecular weight excluding hydrogens is 162 g/mol. The van der Waals surface area contributed by atoms with Crippen molar-refractivity contribution < 1.29 is 4.79 Å². The molecule has 1 rings (SSSR count). The average molecular weight is 183 g/mol. The summed E-state index contributed by atoms with van der Waals surface area (Å²) in [5, 5.41) is 0. The van der Waals surface area contributed by atoms with Gasteiger partial charge in [-0.2, -0.15) is 0 Å². The Balaban J connectivity index is 2.55. The second-order valence-corrected chi connectivity index (χ2v) is 4.53. The van der Waals surface area contributed by atoms with Gasteiger partial charge in [-0.25, -0.2) is 0 Å². The van der Waals surface area contributed by atoms with Gasteiger partial charge in [-0.05, 0) is 25.2 Å². The number of rotatable bonds is 3. The van der Waals surface area contributed by atoms with Gasteiger partial charge in [0.2, 0.25) is 5.91 Å². The van der Waals surface area contributed by atoms with Crippen LogP contribution in [-0.2, 0) is 4.79 Å². The first-order chi connectivity index (χ1) is 6.04. The summed E-state index contributed by atoms with van der Waals surface area (Å²) in [6, 6.07) is 0.412. The second-order valence-electron chi connectivity index (χ2n) is 4.53. The quantitative estimate of drug-likeness (QED) is 0.657. The van der Waals surface area contributed by atoms with E-state index >= 15 is 0 Å². The Bertz CT molecular complexity index is 189. The zero-order valence-electron chi connectivity index (χ0n) is 9.21. The number of nitrogens with zero attached hydrogens (tertiary/aromatic N) is 1. The highest BCUT2D eigenvalue weighted by atomic mass is 16.2. The molecule has 2 nitrogen and oxygen atoms in total. The van der Waals surface area contributed by atoms with Crippen LogP contribution in [0.25, 0.3) is 0 Å². The Morgan fingerprint density at radius 3 is 2.23 bits per heavy atom. The van der Waals surface area contributed by atoms with E-state index in [-0.39, 0.29) is 0 Å². The van der Waals surface area contributed by atoms with E-state index in [1.165, 1.54) is 0 Å². The van der Waals surface area contributed by atoms with Gasteiger partial charge in [0.1, 0.15) is 0 Å². The summed E-state index contributed by atoms with van der Waals surface area (Å²) in [4.78, 5) is 13.5. The molecular formula is C11H21NO. The molecule has 76 valence electrons. The molecule has 0 aromatic rings. The van der Waals surface area contributed by atoms with E-state index in [1.54, 1.807) is 0 Å². The summed E-state index contributed by atoms with van der Waals surface area (Å²) in [5.41, 5.74) is 0. The Kier molecular flexibility index (Phi) is 3.34. The number of hydrogen-bond acceptors (Lipinski definition) is 1. The van der Waals surface area contributed by atoms with Crippen molar-refractivity contribution in [3.8, 4) is 0 Å². The summed E-state index contributed by atoms with van der Waals surface area (Å²) >= 11 is 0. The number of carbonyl (C=O) groups is 1. The minimum atomic E-state index is 0.347. The molecule has 1 fully saturated rings. The highest BCUT2D eigenvalue weighted by Gasteiger charge is 2.29. The predicted molar refractivity (Wildman–Crippen MR) is 54.4 cm³/mol. The maximum atomic E-state index is 11.5. The van der Waals surface area contributed by atoms with Crippen LogP contribution in [0.4, 0.5) is 0 Å². The molecule has 0 aromatic carbocycles. The highest BCUT2D eigenvalue weighted by molar-refractivity contribution is 5.78. The molecule has 2 atom stereocenters. The third-order valence-electron chi connectivity index (χ3n) is 3.41. The van der Waals surface area contributed by atoms with Gasteiger partial charge >= 0.3 is 0 Å². The fraction of sp³-hybridized carbons (Fsp3) is 0.909. The summed E-state index contributed by atoms with van der Waals surface area (Å²) in [5.74, 6) is 1.60. The third-order valence-corrected chi connectivity index (χ3v) is 3.41. The Morgan fingerprint density at radius 1 is 1.23 bits per heavy atom. The van der Waals surface area contributed by atoms with Gasteiger partial charge in [0.05, 0.1) is 0 Å². The van der Waals surface area contributed by atoms with E-state index < -0.39 is 0 Å². The molecule has 1 aliphatic rings. The van der Waals surface area contributed by atoms with E-state index in [4.69, 9.17) is 0 Å². The van der Waals surface area contributed by atoms with Crippen LogP contribution in [0.1, 0.15) is 40.5 Å². The first-order valence-corrected chi connectivity index (χ1v) is 5.33. The smallest absolute Gasteiger partial charge is 0.222 e. The van der Waals surface area contributed by atoms with Crippen LogP contribution < -0.4 is 0 Å². The summed E-state index contributed by atoms with van der Waals surface area (Å²) in [7, 11) is 0. The van der Waals surface area contributed by atoms with Gasteiger partial charge in [0.25, 0.3) is 0 Å². The zero-order valence-corrected chi connectivity index (χ0v) is 9.21. The minimum absolute atomic E-state index is 0.347. The molecule has 0 N–H and O–H groups in total. The molecule has 0 aliphatic carbocycles. The topological polar surface area (TPSA) is 20.3 Å². The molecule has 0 aromatic heterocycles. The molecule has 13 heavy (non-hydrogen) atoms. The Labute approximate surface area is 81.3 Å². The van der Waals surface area contributed by atoms with Crippen molar-refractivity contribution in [2.24, 2.45) is 11.8 Å². The van der Waals surface area contributed by atoms with Crippen LogP contribution in [0.5, 0.6) is 0 Å². The molecule has 1 aliphatic heterocycles. The first kappa shape index (κ1) is 10.6. The summed E-state index contributed by atoms with van der Waals surface area (Å²) in [6.07, 6.45) is 1.81. The number of amides is 1. The van der Waals surface area contributed by atoms with Crippen molar-refractivity contribution in [3.05, 3.63) is 0 Å². The van der Waals surface area contributed by atoms with E-state index in [0.29, 0.717) is 23.8 Å². The standard InChI is InChI=1S/C11H21NO/c1-8(2)9(3)10(4)12-7-5-6-11(12)13/h8-10H,5-7H2,1-4H3. The maximum absolute atomic E-state index is 11.5. The number of likely N-dealkylation sites (tertiary alicyclic amines) is 1. The molecule has 1 heterocycles. The lowest BCUT2D eigenvalue weighted by Crippen LogP contribution is -2.39. The van der Waals surface area contributed by atoms with Crippen molar-refractivity contribution >= 4 is 5.91 Å². The van der Waals surface area contributed by atoms with Gasteiger partial charge < -0.3 is 4.90 Å². The van der Waals surface area contributed by atoms with E-state index in [0.717, 1.165) is 19.4 Å². The number of carbonyl (C=O) groups excluding carboxylic acids is 1. The van der Waals surface area contributed by atoms with Crippen LogP contribution in [0.3, 0.4) is 0 Å². The summed E-state index contributed by atoms with van der Waals surface area (Å²) in [6.45, 7) is 9.83. The second kappa shape index (κ2) is 4.12. The molecule has 0 bridgehead atoms. The van der Waals surface area contributed by atoms with E-state index in [1.807, 2.05) is 4.90 Å². The van der Waals surface area contributed by atoms with Gasteiger partial charge in [0, 0.05) is 19.0 Å². The van der Waals surface area contributed by atoms with Gasteiger partial charge in [0.15, 0.2) is 0 Å². The normalized spacial score (nSPS) is 22.5. The zero-order chi connectivity index (χ0) is 10.0. The molecule has 0 spiro atoms. The minimum Gasteiger partial charge on any atom is -0.340 e. The van der Waals surface area contributed by atoms with Crippen LogP contribution in [0, 0.1) is 11.8 Å². The van der Waals surface area contributed by atoms with Crippen molar-refractivity contribution in [2.45, 2.75) is 46.6 Å². The molecule has 1 amide bonds. The lowest BCUT2D eigenvalue weighted by Gasteiger charge is -2.31. The van der Waals surface area contributed by atoms with Crippen molar-refractivity contribution in [1.82, 2.24) is 4.90 Å². The fourth-order valence-corrected chi connectivity index (χ4v) is 1.94. The van der Waals surface area contributed by atoms with Crippen molar-refractivity contribution in [3.63, 3.8) is 0 Å². The number of hydrogen-bond donors (Lipinski definition) is 0. The molecule has 2 heteroatoms. The molecule has 1 saturated heterocycles. The third kappa shape index (κ3) is 2.23. The maximum Gasteiger partial charge on any atom is 0.222 e. The van der Waals surface area contributed by atoms with Crippen LogP contribution in [-0.4, -0.2) is 23.4 Å². The SMILES string of the molecule is CC(C)C(C)C(C)N1CCCC1=O. The van der Waals surface area contributed by atoms with E-state index in [9.17, 15) is 4.79 Å². The molecule has 0 radical (unpaired) electrons. The van der Waals surface area contributed by atoms with Crippen LogP contribution in [0.2, 0.25) is 0 Å². The van der Waals surface area contributed by atoms with Crippen molar-refractivity contribution in [1.29, 1.82) is 0 Å². The van der Waals surface area contributed by atoms with Gasteiger partial charge in [-0.1, -0.05) is 20.8 Å². The highest BCUT2D eigenvalue weighted by Crippen LogP contribution is 2.23. The Morgan fingerprint density at radius 2 is 1.85 bits per heavy atom. The monoisotopic (exact) mass is 183 g/mol.